The van der Waals surface area contributed by atoms with Gasteiger partial charge in [0.05, 0.1) is 12.6 Å². The van der Waals surface area contributed by atoms with Crippen molar-refractivity contribution in [1.29, 1.82) is 0 Å². The number of rotatable bonds is 3. The second-order valence-corrected chi connectivity index (χ2v) is 3.33. The lowest BCUT2D eigenvalue weighted by Gasteiger charge is -2.18. The first-order valence-electron chi connectivity index (χ1n) is 4.55. The Bertz CT molecular complexity index is 259. The van der Waals surface area contributed by atoms with Crippen LogP contribution in [-0.4, -0.2) is 18.8 Å². The predicted molar refractivity (Wildman–Crippen MR) is 54.8 cm³/mol. The van der Waals surface area contributed by atoms with E-state index < -0.39 is 0 Å². The van der Waals surface area contributed by atoms with Crippen LogP contribution in [0.3, 0.4) is 0 Å². The Balaban J connectivity index is 3.10. The molecule has 1 aromatic rings. The maximum atomic E-state index is 9.17. The van der Waals surface area contributed by atoms with Gasteiger partial charge in [0.1, 0.15) is 0 Å². The van der Waals surface area contributed by atoms with Crippen molar-refractivity contribution in [2.45, 2.75) is 19.9 Å². The molecule has 0 bridgehead atoms. The Hall–Kier alpha value is -0.860. The number of benzene rings is 1. The fourth-order valence-electron chi connectivity index (χ4n) is 1.70. The summed E-state index contributed by atoms with van der Waals surface area (Å²) in [7, 11) is 1.87. The molecule has 13 heavy (non-hydrogen) atoms. The van der Waals surface area contributed by atoms with Gasteiger partial charge in [-0.15, -0.1) is 0 Å². The second-order valence-electron chi connectivity index (χ2n) is 3.33. The summed E-state index contributed by atoms with van der Waals surface area (Å²) >= 11 is 0. The van der Waals surface area contributed by atoms with Crippen LogP contribution < -0.4 is 5.32 Å². The molecule has 0 spiro atoms. The molecule has 1 atom stereocenters. The first-order valence-corrected chi connectivity index (χ1v) is 4.55. The van der Waals surface area contributed by atoms with Gasteiger partial charge in [-0.3, -0.25) is 0 Å². The van der Waals surface area contributed by atoms with E-state index in [1.807, 2.05) is 13.1 Å². The van der Waals surface area contributed by atoms with Gasteiger partial charge >= 0.3 is 0 Å². The average molecular weight is 179 g/mol. The normalized spacial score (nSPS) is 12.9. The standard InChI is InChI=1S/C11H17NO/c1-8-5-4-6-9(2)11(8)10(7-13)12-3/h4-6,10,12-13H,7H2,1-3H3/t10-/m1/s1. The Morgan fingerprint density at radius 2 is 1.85 bits per heavy atom. The van der Waals surface area contributed by atoms with Crippen LogP contribution in [-0.2, 0) is 0 Å². The maximum Gasteiger partial charge on any atom is 0.0626 e. The Kier molecular flexibility index (Phi) is 3.46. The highest BCUT2D eigenvalue weighted by Crippen LogP contribution is 2.20. The quantitative estimate of drug-likeness (QED) is 0.738. The van der Waals surface area contributed by atoms with Crippen LogP contribution in [0.25, 0.3) is 0 Å². The fourth-order valence-corrected chi connectivity index (χ4v) is 1.70. The van der Waals surface area contributed by atoms with E-state index in [-0.39, 0.29) is 12.6 Å². The van der Waals surface area contributed by atoms with Crippen LogP contribution >= 0.6 is 0 Å². The maximum absolute atomic E-state index is 9.17. The fraction of sp³-hybridized carbons (Fsp3) is 0.455. The summed E-state index contributed by atoms with van der Waals surface area (Å²) in [6.07, 6.45) is 0. The SMILES string of the molecule is CN[C@H](CO)c1c(C)cccc1C. The lowest BCUT2D eigenvalue weighted by atomic mass is 9.97. The topological polar surface area (TPSA) is 32.3 Å². The zero-order valence-electron chi connectivity index (χ0n) is 8.46. The molecule has 2 heteroatoms. The Morgan fingerprint density at radius 1 is 1.31 bits per heavy atom. The molecule has 72 valence electrons. The lowest BCUT2D eigenvalue weighted by molar-refractivity contribution is 0.250. The summed E-state index contributed by atoms with van der Waals surface area (Å²) in [4.78, 5) is 0. The van der Waals surface area contributed by atoms with Gasteiger partial charge in [0, 0.05) is 0 Å². The third-order valence-corrected chi connectivity index (χ3v) is 2.42. The second kappa shape index (κ2) is 4.40. The molecule has 0 fully saturated rings. The zero-order valence-corrected chi connectivity index (χ0v) is 8.46. The molecule has 0 radical (unpaired) electrons. The smallest absolute Gasteiger partial charge is 0.0626 e. The van der Waals surface area contributed by atoms with Crippen molar-refractivity contribution in [2.24, 2.45) is 0 Å². The summed E-state index contributed by atoms with van der Waals surface area (Å²) in [5.74, 6) is 0. The molecular formula is C11H17NO. The summed E-state index contributed by atoms with van der Waals surface area (Å²) in [6.45, 7) is 4.28. The zero-order chi connectivity index (χ0) is 9.84. The van der Waals surface area contributed by atoms with E-state index in [0.717, 1.165) is 0 Å². The third-order valence-electron chi connectivity index (χ3n) is 2.42. The highest BCUT2D eigenvalue weighted by molar-refractivity contribution is 5.36. The van der Waals surface area contributed by atoms with Gasteiger partial charge in [0.25, 0.3) is 0 Å². The van der Waals surface area contributed by atoms with Crippen molar-refractivity contribution in [3.05, 3.63) is 34.9 Å². The molecule has 0 saturated carbocycles. The predicted octanol–water partition coefficient (Wildman–Crippen LogP) is 1.56. The highest BCUT2D eigenvalue weighted by Gasteiger charge is 2.12. The van der Waals surface area contributed by atoms with E-state index in [0.29, 0.717) is 0 Å². The summed E-state index contributed by atoms with van der Waals surface area (Å²) < 4.78 is 0. The van der Waals surface area contributed by atoms with Crippen LogP contribution in [0, 0.1) is 13.8 Å². The molecule has 0 aliphatic carbocycles. The van der Waals surface area contributed by atoms with E-state index in [2.05, 4.69) is 31.3 Å². The molecule has 1 aromatic carbocycles. The molecule has 2 nitrogen and oxygen atoms in total. The molecular weight excluding hydrogens is 162 g/mol. The molecule has 0 amide bonds. The number of aliphatic hydroxyl groups is 1. The van der Waals surface area contributed by atoms with Crippen molar-refractivity contribution in [2.75, 3.05) is 13.7 Å². The first kappa shape index (κ1) is 10.2. The summed E-state index contributed by atoms with van der Waals surface area (Å²) in [5.41, 5.74) is 3.68. The van der Waals surface area contributed by atoms with Crippen LogP contribution in [0.5, 0.6) is 0 Å². The van der Waals surface area contributed by atoms with Crippen LogP contribution in [0.1, 0.15) is 22.7 Å². The number of hydrogen-bond acceptors (Lipinski definition) is 2. The number of hydrogen-bond donors (Lipinski definition) is 2. The van der Waals surface area contributed by atoms with Crippen molar-refractivity contribution < 1.29 is 5.11 Å². The monoisotopic (exact) mass is 179 g/mol. The van der Waals surface area contributed by atoms with E-state index in [9.17, 15) is 0 Å². The number of aliphatic hydroxyl groups excluding tert-OH is 1. The largest absolute Gasteiger partial charge is 0.394 e. The molecule has 0 aliphatic heterocycles. The first-order chi connectivity index (χ1) is 6.20. The molecule has 0 aromatic heterocycles. The Labute approximate surface area is 79.6 Å². The van der Waals surface area contributed by atoms with E-state index in [1.165, 1.54) is 16.7 Å². The van der Waals surface area contributed by atoms with Gasteiger partial charge in [0.15, 0.2) is 0 Å². The van der Waals surface area contributed by atoms with E-state index in [4.69, 9.17) is 5.11 Å². The minimum Gasteiger partial charge on any atom is -0.394 e. The van der Waals surface area contributed by atoms with Crippen LogP contribution in [0.15, 0.2) is 18.2 Å². The molecule has 0 saturated heterocycles. The summed E-state index contributed by atoms with van der Waals surface area (Å²) in [5, 5.41) is 12.3. The molecule has 2 N–H and O–H groups in total. The van der Waals surface area contributed by atoms with E-state index in [1.54, 1.807) is 0 Å². The third kappa shape index (κ3) is 2.08. The highest BCUT2D eigenvalue weighted by atomic mass is 16.3. The number of nitrogens with one attached hydrogen (secondary N) is 1. The molecule has 0 heterocycles. The van der Waals surface area contributed by atoms with Gasteiger partial charge in [0.2, 0.25) is 0 Å². The van der Waals surface area contributed by atoms with Gasteiger partial charge in [-0.1, -0.05) is 18.2 Å². The van der Waals surface area contributed by atoms with E-state index >= 15 is 0 Å². The van der Waals surface area contributed by atoms with Crippen molar-refractivity contribution in [3.63, 3.8) is 0 Å². The molecule has 0 unspecified atom stereocenters. The number of aryl methyl sites for hydroxylation is 2. The lowest BCUT2D eigenvalue weighted by Crippen LogP contribution is -2.21. The average Bonchev–Trinajstić information content (AvgIpc) is 2.11. The minimum atomic E-state index is 0.0567. The molecule has 1 rings (SSSR count). The van der Waals surface area contributed by atoms with Gasteiger partial charge < -0.3 is 10.4 Å². The van der Waals surface area contributed by atoms with Crippen molar-refractivity contribution in [3.8, 4) is 0 Å². The van der Waals surface area contributed by atoms with Crippen LogP contribution in [0.4, 0.5) is 0 Å². The minimum absolute atomic E-state index is 0.0567. The van der Waals surface area contributed by atoms with Gasteiger partial charge in [-0.2, -0.15) is 0 Å². The van der Waals surface area contributed by atoms with Gasteiger partial charge in [-0.25, -0.2) is 0 Å². The van der Waals surface area contributed by atoms with Crippen molar-refractivity contribution in [1.82, 2.24) is 5.32 Å². The summed E-state index contributed by atoms with van der Waals surface area (Å²) in [6, 6.07) is 6.24. The van der Waals surface area contributed by atoms with Crippen molar-refractivity contribution >= 4 is 0 Å². The van der Waals surface area contributed by atoms with Gasteiger partial charge in [-0.05, 0) is 37.6 Å². The molecule has 0 aliphatic rings. The Morgan fingerprint density at radius 3 is 2.23 bits per heavy atom. The number of likely N-dealkylation sites (N-methyl/N-ethyl adjacent to an activating group) is 1. The van der Waals surface area contributed by atoms with Crippen LogP contribution in [0.2, 0.25) is 0 Å².